The van der Waals surface area contributed by atoms with Gasteiger partial charge in [0.25, 0.3) is 0 Å². The predicted molar refractivity (Wildman–Crippen MR) is 69.8 cm³/mol. The van der Waals surface area contributed by atoms with Crippen LogP contribution in [0.1, 0.15) is 12.8 Å². The minimum absolute atomic E-state index is 0.226. The van der Waals surface area contributed by atoms with Crippen molar-refractivity contribution in [2.45, 2.75) is 29.9 Å². The van der Waals surface area contributed by atoms with Crippen molar-refractivity contribution < 1.29 is 9.32 Å². The molecule has 0 heterocycles. The number of aliphatic hydroxyl groups excluding tert-OH is 1. The third-order valence-corrected chi connectivity index (χ3v) is 4.62. The molecule has 0 amide bonds. The molecule has 3 nitrogen and oxygen atoms in total. The SMILES string of the molecule is O=S(CC(O)CNC1CC1)c1ccccc1Cl. The van der Waals surface area contributed by atoms with E-state index in [9.17, 15) is 9.32 Å². The van der Waals surface area contributed by atoms with Gasteiger partial charge >= 0.3 is 0 Å². The quantitative estimate of drug-likeness (QED) is 0.827. The van der Waals surface area contributed by atoms with E-state index in [1.807, 2.05) is 0 Å². The maximum Gasteiger partial charge on any atom is 0.0783 e. The molecule has 2 rings (SSSR count). The molecule has 1 aromatic rings. The van der Waals surface area contributed by atoms with E-state index in [-0.39, 0.29) is 5.75 Å². The molecule has 1 aliphatic rings. The molecule has 0 aliphatic heterocycles. The average Bonchev–Trinajstić information content (AvgIpc) is 3.10. The summed E-state index contributed by atoms with van der Waals surface area (Å²) in [4.78, 5) is 0.597. The van der Waals surface area contributed by atoms with Crippen molar-refractivity contribution in [2.75, 3.05) is 12.3 Å². The summed E-state index contributed by atoms with van der Waals surface area (Å²) in [5, 5.41) is 13.5. The molecular formula is C12H16ClNO2S. The molecule has 0 saturated heterocycles. The summed E-state index contributed by atoms with van der Waals surface area (Å²) in [6.45, 7) is 0.501. The van der Waals surface area contributed by atoms with Crippen LogP contribution in [0.15, 0.2) is 29.2 Å². The summed E-state index contributed by atoms with van der Waals surface area (Å²) in [7, 11) is -1.24. The highest BCUT2D eigenvalue weighted by Gasteiger charge is 2.22. The standard InChI is InChI=1S/C12H16ClNO2S/c13-11-3-1-2-4-12(11)17(16)8-10(15)7-14-9-5-6-9/h1-4,9-10,14-15H,5-8H2. The Bertz CT molecular complexity index is 409. The lowest BCUT2D eigenvalue weighted by atomic mass is 10.4. The van der Waals surface area contributed by atoms with E-state index in [0.29, 0.717) is 22.5 Å². The van der Waals surface area contributed by atoms with Gasteiger partial charge in [0.15, 0.2) is 0 Å². The molecule has 2 N–H and O–H groups in total. The largest absolute Gasteiger partial charge is 0.391 e. The number of aliphatic hydroxyl groups is 1. The van der Waals surface area contributed by atoms with Gasteiger partial charge in [-0.25, -0.2) is 0 Å². The fourth-order valence-electron chi connectivity index (χ4n) is 1.54. The summed E-state index contributed by atoms with van der Waals surface area (Å²) >= 11 is 5.95. The Morgan fingerprint density at radius 3 is 2.82 bits per heavy atom. The first kappa shape index (κ1) is 13.0. The van der Waals surface area contributed by atoms with E-state index in [1.165, 1.54) is 12.8 Å². The maximum atomic E-state index is 12.0. The fourth-order valence-corrected chi connectivity index (χ4v) is 3.10. The van der Waals surface area contributed by atoms with Crippen LogP contribution in [0.25, 0.3) is 0 Å². The van der Waals surface area contributed by atoms with Crippen molar-refractivity contribution >= 4 is 22.4 Å². The Morgan fingerprint density at radius 2 is 2.18 bits per heavy atom. The van der Waals surface area contributed by atoms with Crippen molar-refractivity contribution in [1.29, 1.82) is 0 Å². The van der Waals surface area contributed by atoms with Crippen LogP contribution in [0.3, 0.4) is 0 Å². The fraction of sp³-hybridized carbons (Fsp3) is 0.500. The minimum atomic E-state index is -1.24. The Hall–Kier alpha value is -0.420. The van der Waals surface area contributed by atoms with Gasteiger partial charge < -0.3 is 10.4 Å². The lowest BCUT2D eigenvalue weighted by Crippen LogP contribution is -2.32. The van der Waals surface area contributed by atoms with Crippen LogP contribution in [0.2, 0.25) is 5.02 Å². The number of benzene rings is 1. The summed E-state index contributed by atoms with van der Waals surface area (Å²) < 4.78 is 12.0. The molecule has 2 atom stereocenters. The summed E-state index contributed by atoms with van der Waals surface area (Å²) in [6, 6.07) is 7.60. The third-order valence-electron chi connectivity index (χ3n) is 2.65. The van der Waals surface area contributed by atoms with Crippen LogP contribution in [-0.2, 0) is 10.8 Å². The zero-order valence-electron chi connectivity index (χ0n) is 9.43. The van der Waals surface area contributed by atoms with Crippen LogP contribution >= 0.6 is 11.6 Å². The molecule has 1 saturated carbocycles. The number of nitrogens with one attached hydrogen (secondary N) is 1. The molecule has 0 bridgehead atoms. The number of hydrogen-bond acceptors (Lipinski definition) is 3. The van der Waals surface area contributed by atoms with Gasteiger partial charge in [-0.15, -0.1) is 0 Å². The predicted octanol–water partition coefficient (Wildman–Crippen LogP) is 1.56. The Kier molecular flexibility index (Phi) is 4.56. The average molecular weight is 274 g/mol. The Balaban J connectivity index is 1.85. The van der Waals surface area contributed by atoms with Crippen molar-refractivity contribution in [1.82, 2.24) is 5.32 Å². The van der Waals surface area contributed by atoms with Gasteiger partial charge in [-0.3, -0.25) is 4.21 Å². The van der Waals surface area contributed by atoms with Gasteiger partial charge in [0.1, 0.15) is 0 Å². The van der Waals surface area contributed by atoms with E-state index in [4.69, 9.17) is 11.6 Å². The second kappa shape index (κ2) is 5.96. The highest BCUT2D eigenvalue weighted by Crippen LogP contribution is 2.20. The van der Waals surface area contributed by atoms with Crippen molar-refractivity contribution in [3.63, 3.8) is 0 Å². The van der Waals surface area contributed by atoms with Crippen LogP contribution in [0.5, 0.6) is 0 Å². The van der Waals surface area contributed by atoms with Crippen molar-refractivity contribution in [3.05, 3.63) is 29.3 Å². The van der Waals surface area contributed by atoms with E-state index in [1.54, 1.807) is 24.3 Å². The highest BCUT2D eigenvalue weighted by molar-refractivity contribution is 7.85. The zero-order chi connectivity index (χ0) is 12.3. The molecule has 1 aliphatic carbocycles. The van der Waals surface area contributed by atoms with Gasteiger partial charge in [0.2, 0.25) is 0 Å². The first-order valence-corrected chi connectivity index (χ1v) is 7.41. The first-order valence-electron chi connectivity index (χ1n) is 5.71. The lowest BCUT2D eigenvalue weighted by molar-refractivity contribution is 0.194. The van der Waals surface area contributed by atoms with Gasteiger partial charge in [0.05, 0.1) is 32.6 Å². The molecule has 1 aromatic carbocycles. The molecule has 94 valence electrons. The Labute approximate surface area is 109 Å². The zero-order valence-corrected chi connectivity index (χ0v) is 11.0. The topological polar surface area (TPSA) is 49.3 Å². The smallest absolute Gasteiger partial charge is 0.0783 e. The van der Waals surface area contributed by atoms with Crippen LogP contribution < -0.4 is 5.32 Å². The van der Waals surface area contributed by atoms with E-state index in [2.05, 4.69) is 5.32 Å². The van der Waals surface area contributed by atoms with E-state index in [0.717, 1.165) is 0 Å². The van der Waals surface area contributed by atoms with Gasteiger partial charge in [0, 0.05) is 12.6 Å². The second-order valence-electron chi connectivity index (χ2n) is 4.28. The van der Waals surface area contributed by atoms with Gasteiger partial charge in [-0.1, -0.05) is 23.7 Å². The second-order valence-corrected chi connectivity index (χ2v) is 6.15. The van der Waals surface area contributed by atoms with Gasteiger partial charge in [-0.05, 0) is 25.0 Å². The normalized spacial score (nSPS) is 18.9. The molecule has 17 heavy (non-hydrogen) atoms. The van der Waals surface area contributed by atoms with Gasteiger partial charge in [-0.2, -0.15) is 0 Å². The first-order chi connectivity index (χ1) is 8.16. The molecule has 0 spiro atoms. The molecule has 2 unspecified atom stereocenters. The molecule has 1 fully saturated rings. The summed E-state index contributed by atoms with van der Waals surface area (Å²) in [6.07, 6.45) is 1.77. The van der Waals surface area contributed by atoms with E-state index < -0.39 is 16.9 Å². The van der Waals surface area contributed by atoms with Crippen molar-refractivity contribution in [3.8, 4) is 0 Å². The van der Waals surface area contributed by atoms with Crippen LogP contribution in [0, 0.1) is 0 Å². The van der Waals surface area contributed by atoms with Crippen LogP contribution in [-0.4, -0.2) is 33.8 Å². The molecule has 0 radical (unpaired) electrons. The highest BCUT2D eigenvalue weighted by atomic mass is 35.5. The minimum Gasteiger partial charge on any atom is -0.391 e. The maximum absolute atomic E-state index is 12.0. The number of hydrogen-bond donors (Lipinski definition) is 2. The van der Waals surface area contributed by atoms with Crippen molar-refractivity contribution in [2.24, 2.45) is 0 Å². The van der Waals surface area contributed by atoms with E-state index >= 15 is 0 Å². The lowest BCUT2D eigenvalue weighted by Gasteiger charge is -2.11. The summed E-state index contributed by atoms with van der Waals surface area (Å²) in [5.41, 5.74) is 0. The third kappa shape index (κ3) is 4.07. The molecule has 5 heteroatoms. The molecular weight excluding hydrogens is 258 g/mol. The molecule has 0 aromatic heterocycles. The monoisotopic (exact) mass is 273 g/mol. The van der Waals surface area contributed by atoms with Crippen LogP contribution in [0.4, 0.5) is 0 Å². The number of halogens is 1. The Morgan fingerprint density at radius 1 is 1.47 bits per heavy atom. The summed E-state index contributed by atoms with van der Waals surface area (Å²) in [5.74, 6) is 0.226. The number of rotatable bonds is 6.